The second kappa shape index (κ2) is 3.13. The number of fused-ring (bicyclic) bond motifs is 1. The largest absolute Gasteiger partial charge is 0.381 e. The van der Waals surface area contributed by atoms with E-state index in [0.29, 0.717) is 6.04 Å². The van der Waals surface area contributed by atoms with Gasteiger partial charge in [-0.3, -0.25) is 0 Å². The SMILES string of the molecule is C=C1C[C@H](C)Nc2ccccc2N1. The minimum absolute atomic E-state index is 0.448. The van der Waals surface area contributed by atoms with Crippen LogP contribution in [0.1, 0.15) is 13.3 Å². The van der Waals surface area contributed by atoms with Gasteiger partial charge < -0.3 is 10.6 Å². The Morgan fingerprint density at radius 3 is 2.77 bits per heavy atom. The van der Waals surface area contributed by atoms with E-state index >= 15 is 0 Å². The molecule has 1 aromatic rings. The number of para-hydroxylation sites is 2. The Morgan fingerprint density at radius 1 is 1.31 bits per heavy atom. The third-order valence-corrected chi connectivity index (χ3v) is 2.19. The smallest absolute Gasteiger partial charge is 0.0617 e. The van der Waals surface area contributed by atoms with Gasteiger partial charge in [0.05, 0.1) is 11.4 Å². The van der Waals surface area contributed by atoms with Crippen LogP contribution < -0.4 is 10.6 Å². The average Bonchev–Trinajstić information content (AvgIpc) is 2.20. The average molecular weight is 174 g/mol. The van der Waals surface area contributed by atoms with Crippen molar-refractivity contribution in [2.75, 3.05) is 10.6 Å². The van der Waals surface area contributed by atoms with Crippen molar-refractivity contribution in [1.29, 1.82) is 0 Å². The first-order valence-corrected chi connectivity index (χ1v) is 4.56. The molecule has 0 radical (unpaired) electrons. The molecule has 0 amide bonds. The molecule has 0 bridgehead atoms. The Labute approximate surface area is 78.7 Å². The highest BCUT2D eigenvalue weighted by Gasteiger charge is 2.12. The Kier molecular flexibility index (Phi) is 1.97. The van der Waals surface area contributed by atoms with Crippen LogP contribution in [0.3, 0.4) is 0 Å². The van der Waals surface area contributed by atoms with Crippen molar-refractivity contribution in [2.24, 2.45) is 0 Å². The lowest BCUT2D eigenvalue weighted by atomic mass is 10.2. The summed E-state index contributed by atoms with van der Waals surface area (Å²) < 4.78 is 0. The van der Waals surface area contributed by atoms with Crippen LogP contribution in [-0.2, 0) is 0 Å². The number of hydrogen-bond donors (Lipinski definition) is 2. The van der Waals surface area contributed by atoms with E-state index < -0.39 is 0 Å². The highest BCUT2D eigenvalue weighted by molar-refractivity contribution is 5.71. The lowest BCUT2D eigenvalue weighted by Crippen LogP contribution is -2.13. The molecule has 2 N–H and O–H groups in total. The van der Waals surface area contributed by atoms with Crippen molar-refractivity contribution in [1.82, 2.24) is 0 Å². The minimum atomic E-state index is 0.448. The summed E-state index contributed by atoms with van der Waals surface area (Å²) in [4.78, 5) is 0. The van der Waals surface area contributed by atoms with Gasteiger partial charge in [-0.15, -0.1) is 0 Å². The second-order valence-electron chi connectivity index (χ2n) is 3.52. The Balaban J connectivity index is 2.38. The summed E-state index contributed by atoms with van der Waals surface area (Å²) in [7, 11) is 0. The molecule has 0 unspecified atom stereocenters. The van der Waals surface area contributed by atoms with Crippen LogP contribution in [0.5, 0.6) is 0 Å². The normalized spacial score (nSPS) is 21.0. The Bertz CT molecular complexity index is 331. The van der Waals surface area contributed by atoms with Crippen molar-refractivity contribution >= 4 is 11.4 Å². The zero-order valence-corrected chi connectivity index (χ0v) is 7.80. The number of nitrogens with one attached hydrogen (secondary N) is 2. The van der Waals surface area contributed by atoms with Crippen LogP contribution in [0.2, 0.25) is 0 Å². The topological polar surface area (TPSA) is 24.1 Å². The van der Waals surface area contributed by atoms with Crippen molar-refractivity contribution < 1.29 is 0 Å². The summed E-state index contributed by atoms with van der Waals surface area (Å²) in [6.07, 6.45) is 0.967. The van der Waals surface area contributed by atoms with Gasteiger partial charge in [-0.2, -0.15) is 0 Å². The highest BCUT2D eigenvalue weighted by Crippen LogP contribution is 2.27. The van der Waals surface area contributed by atoms with Gasteiger partial charge in [0.2, 0.25) is 0 Å². The van der Waals surface area contributed by atoms with Gasteiger partial charge in [-0.25, -0.2) is 0 Å². The lowest BCUT2D eigenvalue weighted by Gasteiger charge is -2.11. The fraction of sp³-hybridized carbons (Fsp3) is 0.273. The predicted molar refractivity (Wildman–Crippen MR) is 56.9 cm³/mol. The molecular formula is C11H14N2. The number of rotatable bonds is 0. The quantitative estimate of drug-likeness (QED) is 0.632. The number of benzene rings is 1. The van der Waals surface area contributed by atoms with E-state index in [9.17, 15) is 0 Å². The van der Waals surface area contributed by atoms with Crippen molar-refractivity contribution in [3.05, 3.63) is 36.5 Å². The molecule has 1 atom stereocenters. The zero-order valence-electron chi connectivity index (χ0n) is 7.80. The van der Waals surface area contributed by atoms with E-state index in [1.807, 2.05) is 12.1 Å². The summed E-state index contributed by atoms with van der Waals surface area (Å²) in [5.74, 6) is 0. The van der Waals surface area contributed by atoms with Crippen molar-refractivity contribution in [3.63, 3.8) is 0 Å². The summed E-state index contributed by atoms with van der Waals surface area (Å²) in [5, 5.41) is 6.73. The molecule has 2 nitrogen and oxygen atoms in total. The van der Waals surface area contributed by atoms with Gasteiger partial charge in [0.1, 0.15) is 0 Å². The van der Waals surface area contributed by atoms with Crippen LogP contribution in [0, 0.1) is 0 Å². The van der Waals surface area contributed by atoms with Gasteiger partial charge >= 0.3 is 0 Å². The molecule has 0 aliphatic carbocycles. The van der Waals surface area contributed by atoms with Crippen LogP contribution in [0.25, 0.3) is 0 Å². The second-order valence-corrected chi connectivity index (χ2v) is 3.52. The predicted octanol–water partition coefficient (Wildman–Crippen LogP) is 2.82. The molecule has 0 fully saturated rings. The zero-order chi connectivity index (χ0) is 9.26. The maximum absolute atomic E-state index is 3.97. The van der Waals surface area contributed by atoms with Gasteiger partial charge in [0.15, 0.2) is 0 Å². The molecule has 1 aliphatic heterocycles. The van der Waals surface area contributed by atoms with Gasteiger partial charge in [-0.05, 0) is 19.1 Å². The molecule has 0 aromatic heterocycles. The van der Waals surface area contributed by atoms with E-state index in [4.69, 9.17) is 0 Å². The first-order valence-electron chi connectivity index (χ1n) is 4.56. The van der Waals surface area contributed by atoms with Crippen molar-refractivity contribution in [3.8, 4) is 0 Å². The number of hydrogen-bond acceptors (Lipinski definition) is 2. The molecule has 13 heavy (non-hydrogen) atoms. The van der Waals surface area contributed by atoms with E-state index in [2.05, 4.69) is 36.3 Å². The summed E-state index contributed by atoms with van der Waals surface area (Å²) in [6.45, 7) is 6.13. The molecule has 0 saturated heterocycles. The van der Waals surface area contributed by atoms with E-state index in [-0.39, 0.29) is 0 Å². The molecule has 0 saturated carbocycles. The lowest BCUT2D eigenvalue weighted by molar-refractivity contribution is 0.796. The van der Waals surface area contributed by atoms with Crippen LogP contribution in [-0.4, -0.2) is 6.04 Å². The third-order valence-electron chi connectivity index (χ3n) is 2.19. The highest BCUT2D eigenvalue weighted by atomic mass is 15.0. The van der Waals surface area contributed by atoms with E-state index in [0.717, 1.165) is 23.5 Å². The molecule has 1 heterocycles. The first-order chi connectivity index (χ1) is 6.25. The fourth-order valence-corrected chi connectivity index (χ4v) is 1.65. The fourth-order valence-electron chi connectivity index (χ4n) is 1.65. The van der Waals surface area contributed by atoms with Crippen LogP contribution in [0.15, 0.2) is 36.5 Å². The maximum Gasteiger partial charge on any atom is 0.0617 e. The molecule has 0 spiro atoms. The van der Waals surface area contributed by atoms with Gasteiger partial charge in [0.25, 0.3) is 0 Å². The molecule has 68 valence electrons. The van der Waals surface area contributed by atoms with E-state index in [1.54, 1.807) is 0 Å². The molecule has 2 rings (SSSR count). The van der Waals surface area contributed by atoms with Gasteiger partial charge in [0, 0.05) is 18.2 Å². The standard InChI is InChI=1S/C11H14N2/c1-8-7-9(2)13-11-6-4-3-5-10(11)12-8/h3-6,9,12-13H,1,7H2,2H3/t9-/m0/s1. The summed E-state index contributed by atoms with van der Waals surface area (Å²) >= 11 is 0. The molecular weight excluding hydrogens is 160 g/mol. The Morgan fingerprint density at radius 2 is 2.00 bits per heavy atom. The minimum Gasteiger partial charge on any atom is -0.381 e. The van der Waals surface area contributed by atoms with Crippen molar-refractivity contribution in [2.45, 2.75) is 19.4 Å². The number of anilines is 2. The maximum atomic E-state index is 3.97. The van der Waals surface area contributed by atoms with Crippen LogP contribution in [0.4, 0.5) is 11.4 Å². The van der Waals surface area contributed by atoms with Crippen LogP contribution >= 0.6 is 0 Å². The molecule has 1 aliphatic rings. The third kappa shape index (κ3) is 1.66. The summed E-state index contributed by atoms with van der Waals surface area (Å²) in [6, 6.07) is 8.65. The van der Waals surface area contributed by atoms with E-state index in [1.165, 1.54) is 0 Å². The monoisotopic (exact) mass is 174 g/mol. The molecule has 2 heteroatoms. The molecule has 1 aromatic carbocycles. The Hall–Kier alpha value is -1.44. The van der Waals surface area contributed by atoms with Gasteiger partial charge in [-0.1, -0.05) is 18.7 Å². The summed E-state index contributed by atoms with van der Waals surface area (Å²) in [5.41, 5.74) is 3.36. The first kappa shape index (κ1) is 8.17.